The number of hydrogen-bond acceptors (Lipinski definition) is 9. The van der Waals surface area contributed by atoms with Crippen LogP contribution >= 0.6 is 24.4 Å². The lowest BCUT2D eigenvalue weighted by molar-refractivity contribution is -0.147. The number of carboxylic acid groups (broad SMARTS) is 2. The van der Waals surface area contributed by atoms with E-state index in [1.807, 2.05) is 5.32 Å². The summed E-state index contributed by atoms with van der Waals surface area (Å²) in [6, 6.07) is -5.30. The highest BCUT2D eigenvalue weighted by Gasteiger charge is 2.30. The summed E-state index contributed by atoms with van der Waals surface area (Å²) >= 11 is 5.37. The van der Waals surface area contributed by atoms with Gasteiger partial charge in [0.05, 0.1) is 12.5 Å². The number of nitrogens with one attached hydrogen (secondary N) is 3. The Morgan fingerprint density at radius 1 is 0.967 bits per heavy atom. The number of amides is 3. The first-order valence-corrected chi connectivity index (χ1v) is 10.9. The van der Waals surface area contributed by atoms with Gasteiger partial charge in [0.25, 0.3) is 0 Å². The SMILES string of the molecule is CSCCC(NC(=O)C(N)C(C)O)C(=O)NC(CS)C(=O)NC(CC(=O)O)C(=O)O. The van der Waals surface area contributed by atoms with Gasteiger partial charge in [-0.3, -0.25) is 19.2 Å². The summed E-state index contributed by atoms with van der Waals surface area (Å²) in [7, 11) is 0. The molecule has 0 saturated carbocycles. The van der Waals surface area contributed by atoms with Crippen molar-refractivity contribution < 1.29 is 39.3 Å². The quantitative estimate of drug-likeness (QED) is 0.125. The number of thioether (sulfide) groups is 1. The molecule has 12 nitrogen and oxygen atoms in total. The highest BCUT2D eigenvalue weighted by atomic mass is 32.2. The molecule has 0 aliphatic rings. The lowest BCUT2D eigenvalue weighted by Crippen LogP contribution is -2.58. The Labute approximate surface area is 183 Å². The van der Waals surface area contributed by atoms with Crippen molar-refractivity contribution in [1.29, 1.82) is 0 Å². The molecule has 0 rings (SSSR count). The molecule has 8 N–H and O–H groups in total. The van der Waals surface area contributed by atoms with Crippen molar-refractivity contribution in [3.63, 3.8) is 0 Å². The zero-order valence-electron chi connectivity index (χ0n) is 16.5. The third kappa shape index (κ3) is 10.1. The van der Waals surface area contributed by atoms with Gasteiger partial charge in [0.15, 0.2) is 0 Å². The van der Waals surface area contributed by atoms with E-state index in [0.29, 0.717) is 5.75 Å². The molecule has 0 aromatic carbocycles. The summed E-state index contributed by atoms with van der Waals surface area (Å²) in [5, 5.41) is 34.0. The number of carbonyl (C=O) groups excluding carboxylic acids is 3. The number of thiol groups is 1. The van der Waals surface area contributed by atoms with E-state index >= 15 is 0 Å². The molecule has 0 aliphatic carbocycles. The molecule has 0 heterocycles. The molecule has 0 aliphatic heterocycles. The normalized spacial score (nSPS) is 15.8. The number of aliphatic hydroxyl groups excluding tert-OH is 1. The fourth-order valence-electron chi connectivity index (χ4n) is 2.10. The van der Waals surface area contributed by atoms with Crippen molar-refractivity contribution in [3.05, 3.63) is 0 Å². The molecule has 0 saturated heterocycles. The summed E-state index contributed by atoms with van der Waals surface area (Å²) in [5.41, 5.74) is 5.56. The molecular weight excluding hydrogens is 440 g/mol. The van der Waals surface area contributed by atoms with Crippen LogP contribution in [-0.2, 0) is 24.0 Å². The highest BCUT2D eigenvalue weighted by Crippen LogP contribution is 2.04. The van der Waals surface area contributed by atoms with E-state index in [2.05, 4.69) is 23.3 Å². The van der Waals surface area contributed by atoms with Crippen LogP contribution in [0.3, 0.4) is 0 Å². The second-order valence-electron chi connectivity index (χ2n) is 6.35. The highest BCUT2D eigenvalue weighted by molar-refractivity contribution is 7.98. The Balaban J connectivity index is 5.21. The lowest BCUT2D eigenvalue weighted by Gasteiger charge is -2.24. The average molecular weight is 469 g/mol. The Morgan fingerprint density at radius 3 is 1.90 bits per heavy atom. The Morgan fingerprint density at radius 2 is 1.47 bits per heavy atom. The average Bonchev–Trinajstić information content (AvgIpc) is 2.66. The van der Waals surface area contributed by atoms with Crippen LogP contribution in [-0.4, -0.2) is 93.0 Å². The topological polar surface area (TPSA) is 208 Å². The minimum atomic E-state index is -1.69. The Hall–Kier alpha value is -2.03. The first-order chi connectivity index (χ1) is 13.9. The van der Waals surface area contributed by atoms with Crippen LogP contribution in [0.5, 0.6) is 0 Å². The second kappa shape index (κ2) is 14.1. The van der Waals surface area contributed by atoms with E-state index in [4.69, 9.17) is 15.9 Å². The number of rotatable bonds is 14. The summed E-state index contributed by atoms with van der Waals surface area (Å²) < 4.78 is 0. The van der Waals surface area contributed by atoms with Crippen LogP contribution in [0.2, 0.25) is 0 Å². The van der Waals surface area contributed by atoms with Gasteiger partial charge in [0, 0.05) is 5.75 Å². The number of nitrogens with two attached hydrogens (primary N) is 1. The van der Waals surface area contributed by atoms with Gasteiger partial charge in [-0.2, -0.15) is 24.4 Å². The summed E-state index contributed by atoms with van der Waals surface area (Å²) in [4.78, 5) is 58.8. The van der Waals surface area contributed by atoms with E-state index in [-0.39, 0.29) is 12.2 Å². The maximum atomic E-state index is 12.6. The van der Waals surface area contributed by atoms with Crippen LogP contribution in [0.1, 0.15) is 19.8 Å². The number of carboxylic acids is 2. The predicted molar refractivity (Wildman–Crippen MR) is 112 cm³/mol. The van der Waals surface area contributed by atoms with E-state index in [0.717, 1.165) is 0 Å². The van der Waals surface area contributed by atoms with Crippen molar-refractivity contribution in [1.82, 2.24) is 16.0 Å². The second-order valence-corrected chi connectivity index (χ2v) is 7.70. The van der Waals surface area contributed by atoms with Gasteiger partial charge in [-0.15, -0.1) is 0 Å². The Bertz CT molecular complexity index is 634. The van der Waals surface area contributed by atoms with E-state index < -0.39 is 66.4 Å². The first kappa shape index (κ1) is 28.0. The van der Waals surface area contributed by atoms with E-state index in [1.165, 1.54) is 18.7 Å². The van der Waals surface area contributed by atoms with E-state index in [1.54, 1.807) is 6.26 Å². The standard InChI is InChI=1S/C16H28N4O8S2/c1-7(21)12(17)15(26)18-8(3-4-30-2)13(24)20-10(6-29)14(25)19-9(16(27)28)5-11(22)23/h7-10,12,21,29H,3-6,17H2,1-2H3,(H,18,26)(H,19,25)(H,20,24)(H,22,23)(H,27,28). The molecule has 14 heteroatoms. The zero-order chi connectivity index (χ0) is 23.4. The summed E-state index contributed by atoms with van der Waals surface area (Å²) in [5.74, 6) is -5.15. The monoisotopic (exact) mass is 468 g/mol. The van der Waals surface area contributed by atoms with Crippen LogP contribution < -0.4 is 21.7 Å². The van der Waals surface area contributed by atoms with Crippen LogP contribution in [0.25, 0.3) is 0 Å². The van der Waals surface area contributed by atoms with Crippen LogP contribution in [0.4, 0.5) is 0 Å². The van der Waals surface area contributed by atoms with Crippen LogP contribution in [0.15, 0.2) is 0 Å². The predicted octanol–water partition coefficient (Wildman–Crippen LogP) is -2.61. The van der Waals surface area contributed by atoms with Gasteiger partial charge in [-0.1, -0.05) is 0 Å². The fraction of sp³-hybridized carbons (Fsp3) is 0.688. The molecule has 0 aromatic rings. The molecule has 0 fully saturated rings. The van der Waals surface area contributed by atoms with Gasteiger partial charge in [0.2, 0.25) is 17.7 Å². The van der Waals surface area contributed by atoms with Crippen molar-refractivity contribution in [2.24, 2.45) is 5.73 Å². The summed E-state index contributed by atoms with van der Waals surface area (Å²) in [6.07, 6.45) is -0.00932. The molecule has 3 amide bonds. The van der Waals surface area contributed by atoms with Crippen molar-refractivity contribution in [2.75, 3.05) is 17.8 Å². The Kier molecular flexibility index (Phi) is 13.1. The van der Waals surface area contributed by atoms with Gasteiger partial charge in [0.1, 0.15) is 24.2 Å². The molecular formula is C16H28N4O8S2. The number of carbonyl (C=O) groups is 5. The van der Waals surface area contributed by atoms with Crippen molar-refractivity contribution in [2.45, 2.75) is 50.0 Å². The molecule has 5 atom stereocenters. The van der Waals surface area contributed by atoms with Gasteiger partial charge in [-0.25, -0.2) is 4.79 Å². The summed E-state index contributed by atoms with van der Waals surface area (Å²) in [6.45, 7) is 1.32. The van der Waals surface area contributed by atoms with Gasteiger partial charge in [-0.05, 0) is 25.4 Å². The van der Waals surface area contributed by atoms with Gasteiger partial charge < -0.3 is 37.0 Å². The molecule has 0 bridgehead atoms. The van der Waals surface area contributed by atoms with E-state index in [9.17, 15) is 29.1 Å². The number of aliphatic carboxylic acids is 2. The first-order valence-electron chi connectivity index (χ1n) is 8.83. The maximum absolute atomic E-state index is 12.6. The van der Waals surface area contributed by atoms with Crippen LogP contribution in [0, 0.1) is 0 Å². The number of hydrogen-bond donors (Lipinski definition) is 8. The third-order valence-electron chi connectivity index (χ3n) is 3.87. The smallest absolute Gasteiger partial charge is 0.326 e. The molecule has 30 heavy (non-hydrogen) atoms. The fourth-order valence-corrected chi connectivity index (χ4v) is 2.83. The number of aliphatic hydroxyl groups is 1. The maximum Gasteiger partial charge on any atom is 0.326 e. The minimum absolute atomic E-state index is 0.197. The van der Waals surface area contributed by atoms with Crippen molar-refractivity contribution >= 4 is 54.1 Å². The third-order valence-corrected chi connectivity index (χ3v) is 4.88. The molecule has 0 radical (unpaired) electrons. The lowest BCUT2D eigenvalue weighted by atomic mass is 10.1. The molecule has 0 aromatic heterocycles. The molecule has 0 spiro atoms. The van der Waals surface area contributed by atoms with Gasteiger partial charge >= 0.3 is 11.9 Å². The van der Waals surface area contributed by atoms with Crippen molar-refractivity contribution in [3.8, 4) is 0 Å². The molecule has 172 valence electrons. The zero-order valence-corrected chi connectivity index (χ0v) is 18.2. The molecule has 5 unspecified atom stereocenters. The largest absolute Gasteiger partial charge is 0.481 e. The minimum Gasteiger partial charge on any atom is -0.481 e.